The SMILES string of the molecule is O=C(CBr)NCC(=O)NCc1ccccc1. The van der Waals surface area contributed by atoms with Crippen molar-refractivity contribution >= 4 is 27.7 Å². The molecule has 1 aromatic rings. The predicted molar refractivity (Wildman–Crippen MR) is 65.1 cm³/mol. The van der Waals surface area contributed by atoms with E-state index in [1.165, 1.54) is 0 Å². The fourth-order valence-electron chi connectivity index (χ4n) is 1.09. The molecule has 0 heterocycles. The van der Waals surface area contributed by atoms with Gasteiger partial charge in [0.25, 0.3) is 0 Å². The Hall–Kier alpha value is -1.36. The largest absolute Gasteiger partial charge is 0.350 e. The second-order valence-corrected chi connectivity index (χ2v) is 3.73. The second-order valence-electron chi connectivity index (χ2n) is 3.17. The van der Waals surface area contributed by atoms with Crippen LogP contribution >= 0.6 is 15.9 Å². The lowest BCUT2D eigenvalue weighted by molar-refractivity contribution is -0.124. The van der Waals surface area contributed by atoms with Crippen LogP contribution in [0.15, 0.2) is 30.3 Å². The average molecular weight is 285 g/mol. The highest BCUT2D eigenvalue weighted by molar-refractivity contribution is 9.09. The number of nitrogens with one attached hydrogen (secondary N) is 2. The summed E-state index contributed by atoms with van der Waals surface area (Å²) >= 11 is 3.00. The number of hydrogen-bond acceptors (Lipinski definition) is 2. The zero-order chi connectivity index (χ0) is 11.8. The molecule has 1 rings (SSSR count). The van der Waals surface area contributed by atoms with E-state index in [1.54, 1.807) is 0 Å². The van der Waals surface area contributed by atoms with Crippen molar-refractivity contribution in [3.8, 4) is 0 Å². The van der Waals surface area contributed by atoms with Crippen LogP contribution in [0.1, 0.15) is 5.56 Å². The van der Waals surface area contributed by atoms with E-state index in [1.807, 2.05) is 30.3 Å². The third-order valence-electron chi connectivity index (χ3n) is 1.90. The third-order valence-corrected chi connectivity index (χ3v) is 2.41. The maximum absolute atomic E-state index is 11.3. The van der Waals surface area contributed by atoms with Gasteiger partial charge in [-0.2, -0.15) is 0 Å². The number of halogens is 1. The molecule has 1 aromatic carbocycles. The van der Waals surface area contributed by atoms with Gasteiger partial charge in [-0.25, -0.2) is 0 Å². The molecule has 4 nitrogen and oxygen atoms in total. The Bertz CT molecular complexity index is 354. The standard InChI is InChI=1S/C11H13BrN2O2/c12-6-10(15)14-8-11(16)13-7-9-4-2-1-3-5-9/h1-5H,6-8H2,(H,13,16)(H,14,15). The molecule has 86 valence electrons. The lowest BCUT2D eigenvalue weighted by Crippen LogP contribution is -2.37. The number of alkyl halides is 1. The minimum absolute atomic E-state index is 0.0112. The van der Waals surface area contributed by atoms with E-state index < -0.39 is 0 Å². The molecule has 0 aliphatic carbocycles. The number of carbonyl (C=O) groups excluding carboxylic acids is 2. The van der Waals surface area contributed by atoms with Gasteiger partial charge in [-0.3, -0.25) is 9.59 Å². The molecule has 5 heteroatoms. The Labute approximate surface area is 103 Å². The van der Waals surface area contributed by atoms with Gasteiger partial charge in [0.2, 0.25) is 11.8 Å². The van der Waals surface area contributed by atoms with E-state index >= 15 is 0 Å². The number of carbonyl (C=O) groups is 2. The minimum Gasteiger partial charge on any atom is -0.350 e. The molecule has 0 spiro atoms. The zero-order valence-electron chi connectivity index (χ0n) is 8.70. The summed E-state index contributed by atoms with van der Waals surface area (Å²) in [5.41, 5.74) is 1.03. The van der Waals surface area contributed by atoms with Crippen molar-refractivity contribution < 1.29 is 9.59 Å². The van der Waals surface area contributed by atoms with Crippen molar-refractivity contribution in [1.82, 2.24) is 10.6 Å². The van der Waals surface area contributed by atoms with Gasteiger partial charge in [0, 0.05) is 6.54 Å². The molecule has 0 atom stereocenters. The Morgan fingerprint density at radius 1 is 1.06 bits per heavy atom. The summed E-state index contributed by atoms with van der Waals surface area (Å²) in [6, 6.07) is 9.60. The van der Waals surface area contributed by atoms with Crippen LogP contribution in [-0.2, 0) is 16.1 Å². The van der Waals surface area contributed by atoms with E-state index in [9.17, 15) is 9.59 Å². The highest BCUT2D eigenvalue weighted by Crippen LogP contribution is 1.96. The first-order valence-electron chi connectivity index (χ1n) is 4.85. The van der Waals surface area contributed by atoms with E-state index in [-0.39, 0.29) is 23.7 Å². The highest BCUT2D eigenvalue weighted by atomic mass is 79.9. The van der Waals surface area contributed by atoms with Crippen molar-refractivity contribution in [2.75, 3.05) is 11.9 Å². The van der Waals surface area contributed by atoms with Crippen molar-refractivity contribution in [2.24, 2.45) is 0 Å². The fraction of sp³-hybridized carbons (Fsp3) is 0.273. The predicted octanol–water partition coefficient (Wildman–Crippen LogP) is 0.814. The molecular weight excluding hydrogens is 272 g/mol. The van der Waals surface area contributed by atoms with Gasteiger partial charge in [0.05, 0.1) is 11.9 Å². The van der Waals surface area contributed by atoms with Crippen LogP contribution < -0.4 is 10.6 Å². The normalized spacial score (nSPS) is 9.56. The summed E-state index contributed by atoms with van der Waals surface area (Å²) < 4.78 is 0. The van der Waals surface area contributed by atoms with Gasteiger partial charge < -0.3 is 10.6 Å². The van der Waals surface area contributed by atoms with Gasteiger partial charge in [-0.15, -0.1) is 0 Å². The lowest BCUT2D eigenvalue weighted by Gasteiger charge is -2.05. The molecule has 2 N–H and O–H groups in total. The Morgan fingerprint density at radius 3 is 2.38 bits per heavy atom. The second kappa shape index (κ2) is 7.00. The summed E-state index contributed by atoms with van der Waals surface area (Å²) in [6.07, 6.45) is 0. The summed E-state index contributed by atoms with van der Waals surface area (Å²) in [5, 5.41) is 5.39. The molecule has 0 unspecified atom stereocenters. The summed E-state index contributed by atoms with van der Waals surface area (Å²) in [7, 11) is 0. The van der Waals surface area contributed by atoms with Gasteiger partial charge >= 0.3 is 0 Å². The van der Waals surface area contributed by atoms with Gasteiger partial charge in [-0.05, 0) is 5.56 Å². The Morgan fingerprint density at radius 2 is 1.75 bits per heavy atom. The molecule has 0 saturated heterocycles. The van der Waals surface area contributed by atoms with E-state index in [0.717, 1.165) is 5.56 Å². The van der Waals surface area contributed by atoms with E-state index in [4.69, 9.17) is 0 Å². The van der Waals surface area contributed by atoms with Crippen molar-refractivity contribution in [2.45, 2.75) is 6.54 Å². The van der Waals surface area contributed by atoms with Crippen LogP contribution in [-0.4, -0.2) is 23.7 Å². The molecule has 0 fully saturated rings. The molecule has 0 aliphatic rings. The van der Waals surface area contributed by atoms with Crippen LogP contribution in [0.25, 0.3) is 0 Å². The minimum atomic E-state index is -0.199. The maximum Gasteiger partial charge on any atom is 0.239 e. The number of amides is 2. The first-order chi connectivity index (χ1) is 7.72. The number of rotatable bonds is 5. The van der Waals surface area contributed by atoms with E-state index in [0.29, 0.717) is 6.54 Å². The first kappa shape index (κ1) is 12.7. The number of benzene rings is 1. The van der Waals surface area contributed by atoms with Crippen molar-refractivity contribution in [1.29, 1.82) is 0 Å². The quantitative estimate of drug-likeness (QED) is 0.787. The molecule has 0 saturated carbocycles. The molecule has 0 aromatic heterocycles. The highest BCUT2D eigenvalue weighted by Gasteiger charge is 2.03. The van der Waals surface area contributed by atoms with Crippen LogP contribution in [0.3, 0.4) is 0 Å². The van der Waals surface area contributed by atoms with Gasteiger partial charge in [0.15, 0.2) is 0 Å². The Kier molecular flexibility index (Phi) is 5.56. The molecule has 16 heavy (non-hydrogen) atoms. The molecule has 0 radical (unpaired) electrons. The zero-order valence-corrected chi connectivity index (χ0v) is 10.3. The summed E-state index contributed by atoms with van der Waals surface area (Å²) in [6.45, 7) is 0.487. The monoisotopic (exact) mass is 284 g/mol. The average Bonchev–Trinajstić information content (AvgIpc) is 2.34. The van der Waals surface area contributed by atoms with Crippen molar-refractivity contribution in [3.05, 3.63) is 35.9 Å². The van der Waals surface area contributed by atoms with Crippen LogP contribution in [0.4, 0.5) is 0 Å². The van der Waals surface area contributed by atoms with Crippen LogP contribution in [0.2, 0.25) is 0 Å². The molecular formula is C11H13BrN2O2. The van der Waals surface area contributed by atoms with E-state index in [2.05, 4.69) is 26.6 Å². The fourth-order valence-corrected chi connectivity index (χ4v) is 1.28. The van der Waals surface area contributed by atoms with Gasteiger partial charge in [-0.1, -0.05) is 46.3 Å². The first-order valence-corrected chi connectivity index (χ1v) is 5.98. The summed E-state index contributed by atoms with van der Waals surface area (Å²) in [5.74, 6) is -0.395. The smallest absolute Gasteiger partial charge is 0.239 e. The maximum atomic E-state index is 11.3. The molecule has 0 aliphatic heterocycles. The van der Waals surface area contributed by atoms with Crippen LogP contribution in [0.5, 0.6) is 0 Å². The summed E-state index contributed by atoms with van der Waals surface area (Å²) in [4.78, 5) is 22.1. The Balaban J connectivity index is 2.23. The lowest BCUT2D eigenvalue weighted by atomic mass is 10.2. The number of hydrogen-bond donors (Lipinski definition) is 2. The topological polar surface area (TPSA) is 58.2 Å². The van der Waals surface area contributed by atoms with Gasteiger partial charge in [0.1, 0.15) is 0 Å². The molecule has 2 amide bonds. The third kappa shape index (κ3) is 4.93. The molecule has 0 bridgehead atoms. The van der Waals surface area contributed by atoms with Crippen molar-refractivity contribution in [3.63, 3.8) is 0 Å². The van der Waals surface area contributed by atoms with Crippen LogP contribution in [0, 0.1) is 0 Å².